The Balaban J connectivity index is 2.61. The van der Waals surface area contributed by atoms with Crippen LogP contribution in [0.4, 0.5) is 0 Å². The van der Waals surface area contributed by atoms with Gasteiger partial charge in [-0.15, -0.1) is 0 Å². The Morgan fingerprint density at radius 3 is 3.00 bits per heavy atom. The minimum Gasteiger partial charge on any atom is -0.336 e. The summed E-state index contributed by atoms with van der Waals surface area (Å²) >= 11 is 0. The maximum Gasteiger partial charge on any atom is 0.183 e. The van der Waals surface area contributed by atoms with Gasteiger partial charge in [-0.25, -0.2) is 0 Å². The van der Waals surface area contributed by atoms with Gasteiger partial charge in [-0.3, -0.25) is 4.98 Å². The van der Waals surface area contributed by atoms with Crippen LogP contribution in [0, 0.1) is 0 Å². The Morgan fingerprint density at radius 1 is 1.56 bits per heavy atom. The Bertz CT molecular complexity index is 164. The predicted molar refractivity (Wildman–Crippen MR) is 31.9 cm³/mol. The van der Waals surface area contributed by atoms with Crippen LogP contribution in [0.25, 0.3) is 0 Å². The van der Waals surface area contributed by atoms with E-state index in [9.17, 15) is 0 Å². The van der Waals surface area contributed by atoms with Crippen LogP contribution in [-0.4, -0.2) is 12.1 Å². The molecule has 1 rings (SSSR count). The quantitative estimate of drug-likeness (QED) is 0.437. The lowest BCUT2D eigenvalue weighted by atomic mass is 10.5. The van der Waals surface area contributed by atoms with Gasteiger partial charge in [0.25, 0.3) is 0 Å². The lowest BCUT2D eigenvalue weighted by molar-refractivity contribution is -0.178. The number of pyridine rings is 1. The van der Waals surface area contributed by atoms with E-state index in [0.29, 0.717) is 5.75 Å². The van der Waals surface area contributed by atoms with Gasteiger partial charge in [0.2, 0.25) is 0 Å². The molecule has 3 nitrogen and oxygen atoms in total. The fourth-order valence-electron chi connectivity index (χ4n) is 0.493. The Morgan fingerprint density at radius 2 is 2.44 bits per heavy atom. The first kappa shape index (κ1) is 6.04. The van der Waals surface area contributed by atoms with Crippen molar-refractivity contribution in [2.45, 2.75) is 0 Å². The van der Waals surface area contributed by atoms with E-state index in [4.69, 9.17) is 0 Å². The Labute approximate surface area is 53.2 Å². The largest absolute Gasteiger partial charge is 0.336 e. The minimum absolute atomic E-state index is 0.611. The molecular formula is C6H7NO2. The van der Waals surface area contributed by atoms with Gasteiger partial charge >= 0.3 is 0 Å². The summed E-state index contributed by atoms with van der Waals surface area (Å²) in [5.41, 5.74) is 0. The van der Waals surface area contributed by atoms with E-state index in [1.165, 1.54) is 7.11 Å². The predicted octanol–water partition coefficient (Wildman–Crippen LogP) is 1.02. The summed E-state index contributed by atoms with van der Waals surface area (Å²) < 4.78 is 0. The van der Waals surface area contributed by atoms with Crippen LogP contribution in [0.3, 0.4) is 0 Å². The van der Waals surface area contributed by atoms with Crippen LogP contribution in [-0.2, 0) is 4.89 Å². The molecule has 0 bridgehead atoms. The Hall–Kier alpha value is -1.09. The normalized spacial score (nSPS) is 9.00. The van der Waals surface area contributed by atoms with E-state index in [1.54, 1.807) is 24.5 Å². The fraction of sp³-hybridized carbons (Fsp3) is 0.167. The van der Waals surface area contributed by atoms with Crippen LogP contribution in [0.1, 0.15) is 0 Å². The van der Waals surface area contributed by atoms with E-state index in [1.807, 2.05) is 0 Å². The molecule has 1 heterocycles. The van der Waals surface area contributed by atoms with Crippen LogP contribution >= 0.6 is 0 Å². The minimum atomic E-state index is 0.611. The molecule has 0 amide bonds. The molecular weight excluding hydrogens is 118 g/mol. The standard InChI is InChI=1S/C6H7NO2/c1-8-9-6-3-2-4-7-5-6/h2-5H,1H3. The highest BCUT2D eigenvalue weighted by molar-refractivity contribution is 5.14. The van der Waals surface area contributed by atoms with Gasteiger partial charge in [-0.1, -0.05) is 0 Å². The zero-order valence-corrected chi connectivity index (χ0v) is 5.07. The second-order valence-corrected chi connectivity index (χ2v) is 1.44. The monoisotopic (exact) mass is 125 g/mol. The summed E-state index contributed by atoms with van der Waals surface area (Å²) in [5.74, 6) is 0.611. The van der Waals surface area contributed by atoms with Crippen molar-refractivity contribution in [1.29, 1.82) is 0 Å². The molecule has 0 N–H and O–H groups in total. The third-order valence-corrected chi connectivity index (χ3v) is 0.814. The maximum absolute atomic E-state index is 4.64. The van der Waals surface area contributed by atoms with Crippen LogP contribution in [0.2, 0.25) is 0 Å². The molecule has 0 saturated heterocycles. The number of aromatic nitrogens is 1. The van der Waals surface area contributed by atoms with Crippen molar-refractivity contribution in [3.63, 3.8) is 0 Å². The highest BCUT2D eigenvalue weighted by Crippen LogP contribution is 2.04. The third kappa shape index (κ3) is 1.70. The molecule has 0 saturated carbocycles. The van der Waals surface area contributed by atoms with Gasteiger partial charge < -0.3 is 4.89 Å². The second-order valence-electron chi connectivity index (χ2n) is 1.44. The average Bonchev–Trinajstić information content (AvgIpc) is 1.91. The Kier molecular flexibility index (Phi) is 2.04. The molecule has 0 atom stereocenters. The number of hydrogen-bond acceptors (Lipinski definition) is 3. The number of rotatable bonds is 2. The topological polar surface area (TPSA) is 31.4 Å². The van der Waals surface area contributed by atoms with Crippen molar-refractivity contribution in [2.24, 2.45) is 0 Å². The van der Waals surface area contributed by atoms with Gasteiger partial charge in [0.1, 0.15) is 0 Å². The van der Waals surface area contributed by atoms with E-state index in [2.05, 4.69) is 14.8 Å². The summed E-state index contributed by atoms with van der Waals surface area (Å²) in [6.07, 6.45) is 3.24. The summed E-state index contributed by atoms with van der Waals surface area (Å²) in [4.78, 5) is 12.8. The van der Waals surface area contributed by atoms with Crippen molar-refractivity contribution >= 4 is 0 Å². The van der Waals surface area contributed by atoms with Gasteiger partial charge in [-0.2, -0.15) is 4.89 Å². The molecule has 0 aromatic carbocycles. The van der Waals surface area contributed by atoms with Crippen molar-refractivity contribution in [3.8, 4) is 5.75 Å². The van der Waals surface area contributed by atoms with E-state index in [-0.39, 0.29) is 0 Å². The first-order valence-electron chi connectivity index (χ1n) is 2.54. The van der Waals surface area contributed by atoms with Crippen molar-refractivity contribution in [3.05, 3.63) is 24.5 Å². The molecule has 3 heteroatoms. The maximum atomic E-state index is 4.64. The summed E-state index contributed by atoms with van der Waals surface area (Å²) in [7, 11) is 1.45. The SMILES string of the molecule is COOc1cccnc1. The molecule has 0 aliphatic heterocycles. The zero-order valence-electron chi connectivity index (χ0n) is 5.07. The average molecular weight is 125 g/mol. The van der Waals surface area contributed by atoms with Crippen LogP contribution in [0.15, 0.2) is 24.5 Å². The lowest BCUT2D eigenvalue weighted by Gasteiger charge is -1.96. The smallest absolute Gasteiger partial charge is 0.183 e. The van der Waals surface area contributed by atoms with Gasteiger partial charge in [0, 0.05) is 6.20 Å². The number of nitrogens with zero attached hydrogens (tertiary/aromatic N) is 1. The molecule has 1 aromatic rings. The molecule has 9 heavy (non-hydrogen) atoms. The van der Waals surface area contributed by atoms with Crippen LogP contribution < -0.4 is 4.89 Å². The summed E-state index contributed by atoms with van der Waals surface area (Å²) in [6.45, 7) is 0. The molecule has 48 valence electrons. The highest BCUT2D eigenvalue weighted by atomic mass is 17.2. The number of hydrogen-bond donors (Lipinski definition) is 0. The van der Waals surface area contributed by atoms with E-state index < -0.39 is 0 Å². The summed E-state index contributed by atoms with van der Waals surface area (Å²) in [5, 5.41) is 0. The molecule has 0 aliphatic rings. The van der Waals surface area contributed by atoms with Gasteiger partial charge in [-0.05, 0) is 12.1 Å². The van der Waals surface area contributed by atoms with E-state index >= 15 is 0 Å². The second kappa shape index (κ2) is 3.04. The zero-order chi connectivity index (χ0) is 6.53. The molecule has 0 fully saturated rings. The van der Waals surface area contributed by atoms with Gasteiger partial charge in [0.05, 0.1) is 13.3 Å². The van der Waals surface area contributed by atoms with Gasteiger partial charge in [0.15, 0.2) is 5.75 Å². The first-order chi connectivity index (χ1) is 4.43. The molecule has 0 unspecified atom stereocenters. The molecule has 0 aliphatic carbocycles. The molecule has 1 aromatic heterocycles. The highest BCUT2D eigenvalue weighted by Gasteiger charge is 1.86. The van der Waals surface area contributed by atoms with Crippen molar-refractivity contribution < 1.29 is 9.78 Å². The fourth-order valence-corrected chi connectivity index (χ4v) is 0.493. The third-order valence-electron chi connectivity index (χ3n) is 0.814. The molecule has 0 radical (unpaired) electrons. The van der Waals surface area contributed by atoms with E-state index in [0.717, 1.165) is 0 Å². The van der Waals surface area contributed by atoms with Crippen LogP contribution in [0.5, 0.6) is 5.75 Å². The van der Waals surface area contributed by atoms with Crippen molar-refractivity contribution in [2.75, 3.05) is 7.11 Å². The summed E-state index contributed by atoms with van der Waals surface area (Å²) in [6, 6.07) is 3.53. The van der Waals surface area contributed by atoms with Crippen molar-refractivity contribution in [1.82, 2.24) is 4.98 Å². The first-order valence-corrected chi connectivity index (χ1v) is 2.54. The molecule has 0 spiro atoms. The lowest BCUT2D eigenvalue weighted by Crippen LogP contribution is -1.89.